The van der Waals surface area contributed by atoms with E-state index in [1.807, 2.05) is 0 Å². The second kappa shape index (κ2) is 7.57. The first-order valence-electron chi connectivity index (χ1n) is 11.9. The van der Waals surface area contributed by atoms with Gasteiger partial charge in [-0.1, -0.05) is 30.3 Å². The Balaban J connectivity index is 1.66. The van der Waals surface area contributed by atoms with E-state index in [4.69, 9.17) is 0 Å². The number of carbonyl (C=O) groups is 2. The first kappa shape index (κ1) is 23.1. The SMILES string of the molecule is Cc1cc(O)c2c(c1O)[C@@H](c1ccc3cc4c(cc3c1O)C(=O)CC(C)(O)C4)c1cccc(O)c1C2=O. The Kier molecular flexibility index (Phi) is 4.72. The van der Waals surface area contributed by atoms with Crippen molar-refractivity contribution >= 4 is 22.3 Å². The van der Waals surface area contributed by atoms with Gasteiger partial charge in [-0.15, -0.1) is 0 Å². The second-order valence-electron chi connectivity index (χ2n) is 10.4. The van der Waals surface area contributed by atoms with Gasteiger partial charge in [0, 0.05) is 40.8 Å². The quantitative estimate of drug-likeness (QED) is 0.215. The predicted molar refractivity (Wildman–Crippen MR) is 136 cm³/mol. The average Bonchev–Trinajstić information content (AvgIpc) is 2.81. The lowest BCUT2D eigenvalue weighted by Gasteiger charge is -2.31. The number of aliphatic hydroxyl groups is 1. The number of carbonyl (C=O) groups excluding carboxylic acids is 2. The van der Waals surface area contributed by atoms with Gasteiger partial charge in [-0.2, -0.15) is 0 Å². The van der Waals surface area contributed by atoms with Crippen molar-refractivity contribution in [3.8, 4) is 23.0 Å². The Morgan fingerprint density at radius 1 is 0.838 bits per heavy atom. The zero-order valence-corrected chi connectivity index (χ0v) is 20.2. The number of hydrogen-bond donors (Lipinski definition) is 5. The van der Waals surface area contributed by atoms with E-state index in [0.29, 0.717) is 45.0 Å². The van der Waals surface area contributed by atoms with E-state index in [0.717, 1.165) is 0 Å². The van der Waals surface area contributed by atoms with Crippen LogP contribution in [0, 0.1) is 6.92 Å². The van der Waals surface area contributed by atoms with Crippen LogP contribution in [-0.2, 0) is 6.42 Å². The van der Waals surface area contributed by atoms with Crippen LogP contribution in [0.4, 0.5) is 0 Å². The average molecular weight is 497 g/mol. The maximum absolute atomic E-state index is 13.4. The van der Waals surface area contributed by atoms with Crippen LogP contribution in [0.3, 0.4) is 0 Å². The van der Waals surface area contributed by atoms with Crippen LogP contribution in [0.1, 0.15) is 73.4 Å². The third-order valence-corrected chi connectivity index (χ3v) is 7.61. The van der Waals surface area contributed by atoms with Crippen molar-refractivity contribution in [2.45, 2.75) is 38.2 Å². The molecule has 2 aliphatic carbocycles. The molecule has 0 saturated carbocycles. The lowest BCUT2D eigenvalue weighted by atomic mass is 9.72. The van der Waals surface area contributed by atoms with Crippen LogP contribution in [-0.4, -0.2) is 42.7 Å². The van der Waals surface area contributed by atoms with Gasteiger partial charge in [0.2, 0.25) is 5.78 Å². The molecule has 1 unspecified atom stereocenters. The van der Waals surface area contributed by atoms with Gasteiger partial charge in [0.1, 0.15) is 23.0 Å². The molecule has 7 heteroatoms. The number of phenols is 4. The molecular weight excluding hydrogens is 472 g/mol. The zero-order chi connectivity index (χ0) is 26.4. The molecule has 4 aromatic carbocycles. The molecule has 5 N–H and O–H groups in total. The molecule has 0 spiro atoms. The molecule has 37 heavy (non-hydrogen) atoms. The smallest absolute Gasteiger partial charge is 0.201 e. The number of benzene rings is 4. The summed E-state index contributed by atoms with van der Waals surface area (Å²) in [7, 11) is 0. The van der Waals surface area contributed by atoms with E-state index in [1.54, 1.807) is 50.2 Å². The molecule has 0 amide bonds. The van der Waals surface area contributed by atoms with Crippen molar-refractivity contribution < 1.29 is 35.1 Å². The van der Waals surface area contributed by atoms with Gasteiger partial charge in [0.05, 0.1) is 16.7 Å². The number of rotatable bonds is 1. The van der Waals surface area contributed by atoms with Crippen molar-refractivity contribution in [3.63, 3.8) is 0 Å². The number of aromatic hydroxyl groups is 4. The van der Waals surface area contributed by atoms with Crippen molar-refractivity contribution in [1.82, 2.24) is 0 Å². The molecule has 0 fully saturated rings. The summed E-state index contributed by atoms with van der Waals surface area (Å²) in [5.74, 6) is -2.68. The Morgan fingerprint density at radius 3 is 2.35 bits per heavy atom. The Morgan fingerprint density at radius 2 is 1.59 bits per heavy atom. The highest BCUT2D eigenvalue weighted by molar-refractivity contribution is 6.17. The minimum absolute atomic E-state index is 0.0131. The van der Waals surface area contributed by atoms with Crippen LogP contribution in [0.25, 0.3) is 10.8 Å². The van der Waals surface area contributed by atoms with Crippen LogP contribution in [0.15, 0.2) is 48.5 Å². The lowest BCUT2D eigenvalue weighted by Crippen LogP contribution is -2.35. The van der Waals surface area contributed by atoms with Crippen LogP contribution in [0.2, 0.25) is 0 Å². The van der Waals surface area contributed by atoms with Gasteiger partial charge in [0.15, 0.2) is 5.78 Å². The van der Waals surface area contributed by atoms with Crippen LogP contribution >= 0.6 is 0 Å². The highest BCUT2D eigenvalue weighted by Crippen LogP contribution is 2.52. The molecule has 0 bridgehead atoms. The number of Topliss-reactive ketones (excluding diaryl/α,β-unsaturated/α-hetero) is 1. The van der Waals surface area contributed by atoms with Crippen molar-refractivity contribution in [1.29, 1.82) is 0 Å². The summed E-state index contributed by atoms with van der Waals surface area (Å²) in [5, 5.41) is 55.5. The largest absolute Gasteiger partial charge is 0.507 e. The summed E-state index contributed by atoms with van der Waals surface area (Å²) in [5.41, 5.74) is 1.04. The zero-order valence-electron chi connectivity index (χ0n) is 20.2. The number of phenolic OH excluding ortho intramolecular Hbond substituents is 4. The maximum atomic E-state index is 13.4. The van der Waals surface area contributed by atoms with E-state index < -0.39 is 17.3 Å². The van der Waals surface area contributed by atoms with Gasteiger partial charge >= 0.3 is 0 Å². The molecule has 0 aromatic heterocycles. The molecule has 186 valence electrons. The number of hydrogen-bond acceptors (Lipinski definition) is 7. The number of fused-ring (bicyclic) bond motifs is 4. The first-order valence-corrected chi connectivity index (χ1v) is 11.9. The fourth-order valence-electron chi connectivity index (χ4n) is 5.96. The normalized spacial score (nSPS) is 20.5. The standard InChI is InChI=1S/C30H24O7/c1-13-8-21(32)25-26(27(13)34)23(16-4-3-5-20(31)24(16)29(25)36)17-7-6-14-9-15-11-30(2,37)12-22(33)18(15)10-19(14)28(17)35/h3-10,23,31-32,34-35,37H,11-12H2,1-2H3/t23-,30?/m1/s1. The highest BCUT2D eigenvalue weighted by atomic mass is 16.3. The van der Waals surface area contributed by atoms with E-state index in [1.165, 1.54) is 12.1 Å². The van der Waals surface area contributed by atoms with E-state index >= 15 is 0 Å². The monoisotopic (exact) mass is 496 g/mol. The highest BCUT2D eigenvalue weighted by Gasteiger charge is 2.40. The van der Waals surface area contributed by atoms with E-state index in [2.05, 4.69) is 0 Å². The van der Waals surface area contributed by atoms with Crippen molar-refractivity contribution in [2.24, 2.45) is 0 Å². The molecular formula is C30H24O7. The number of aryl methyl sites for hydroxylation is 1. The summed E-state index contributed by atoms with van der Waals surface area (Å²) >= 11 is 0. The predicted octanol–water partition coefficient (Wildman–Crippen LogP) is 4.58. The Labute approximate surface area is 211 Å². The maximum Gasteiger partial charge on any atom is 0.201 e. The number of ketones is 2. The first-order chi connectivity index (χ1) is 17.5. The molecule has 0 aliphatic heterocycles. The molecule has 6 rings (SSSR count). The Hall–Kier alpha value is -4.36. The summed E-state index contributed by atoms with van der Waals surface area (Å²) < 4.78 is 0. The molecule has 0 radical (unpaired) electrons. The van der Waals surface area contributed by atoms with E-state index in [-0.39, 0.29) is 51.9 Å². The molecule has 4 aromatic rings. The summed E-state index contributed by atoms with van der Waals surface area (Å²) in [4.78, 5) is 26.2. The summed E-state index contributed by atoms with van der Waals surface area (Å²) in [6, 6.07) is 12.7. The molecule has 2 atom stereocenters. The lowest BCUT2D eigenvalue weighted by molar-refractivity contribution is 0.0411. The van der Waals surface area contributed by atoms with Crippen molar-refractivity contribution in [2.75, 3.05) is 0 Å². The van der Waals surface area contributed by atoms with Gasteiger partial charge < -0.3 is 25.5 Å². The van der Waals surface area contributed by atoms with E-state index in [9.17, 15) is 35.1 Å². The van der Waals surface area contributed by atoms with Gasteiger partial charge in [-0.25, -0.2) is 0 Å². The Bertz CT molecular complexity index is 1700. The van der Waals surface area contributed by atoms with Crippen LogP contribution < -0.4 is 0 Å². The minimum atomic E-state index is -1.14. The topological polar surface area (TPSA) is 135 Å². The molecule has 7 nitrogen and oxygen atoms in total. The fourth-order valence-corrected chi connectivity index (χ4v) is 5.96. The van der Waals surface area contributed by atoms with Crippen LogP contribution in [0.5, 0.6) is 23.0 Å². The van der Waals surface area contributed by atoms with Crippen molar-refractivity contribution in [3.05, 3.63) is 93.0 Å². The molecule has 2 aliphatic rings. The summed E-state index contributed by atoms with van der Waals surface area (Å²) in [6.07, 6.45) is 0.285. The summed E-state index contributed by atoms with van der Waals surface area (Å²) in [6.45, 7) is 3.22. The minimum Gasteiger partial charge on any atom is -0.507 e. The molecule has 0 heterocycles. The fraction of sp³-hybridized carbons (Fsp3) is 0.200. The van der Waals surface area contributed by atoms with Gasteiger partial charge in [-0.3, -0.25) is 9.59 Å². The third kappa shape index (κ3) is 3.24. The van der Waals surface area contributed by atoms with Gasteiger partial charge in [0.25, 0.3) is 0 Å². The second-order valence-corrected chi connectivity index (χ2v) is 10.4. The molecule has 0 saturated heterocycles. The van der Waals surface area contributed by atoms with Gasteiger partial charge in [-0.05, 0) is 54.1 Å². The third-order valence-electron chi connectivity index (χ3n) is 7.61.